The van der Waals surface area contributed by atoms with Crippen LogP contribution in [-0.2, 0) is 4.79 Å². The lowest BCUT2D eigenvalue weighted by atomic mass is 10.0. The molecule has 0 aliphatic heterocycles. The molecule has 0 saturated heterocycles. The third-order valence-electron chi connectivity index (χ3n) is 4.36. The Morgan fingerprint density at radius 1 is 1.35 bits per heavy atom. The Balaban J connectivity index is 1.75. The Bertz CT molecular complexity index is 592. The molecule has 2 aliphatic carbocycles. The van der Waals surface area contributed by atoms with Crippen LogP contribution in [0.4, 0.5) is 11.4 Å². The third kappa shape index (κ3) is 2.38. The largest absolute Gasteiger partial charge is 0.326 e. The summed E-state index contributed by atoms with van der Waals surface area (Å²) in [5.41, 5.74) is 1.08. The van der Waals surface area contributed by atoms with Crippen LogP contribution in [0.1, 0.15) is 24.8 Å². The van der Waals surface area contributed by atoms with Crippen LogP contribution < -0.4 is 5.32 Å². The highest BCUT2D eigenvalue weighted by Crippen LogP contribution is 2.54. The normalized spacial score (nSPS) is 27.0. The van der Waals surface area contributed by atoms with Gasteiger partial charge in [0.25, 0.3) is 5.69 Å². The number of nitro benzene ring substituents is 1. The van der Waals surface area contributed by atoms with Gasteiger partial charge in [0, 0.05) is 17.7 Å². The smallest absolute Gasteiger partial charge is 0.288 e. The van der Waals surface area contributed by atoms with Crippen LogP contribution in [0.2, 0.25) is 5.02 Å². The molecule has 1 aromatic carbocycles. The molecule has 1 N–H and O–H groups in total. The maximum absolute atomic E-state index is 12.2. The fourth-order valence-electron chi connectivity index (χ4n) is 3.10. The molecule has 1 aromatic rings. The Morgan fingerprint density at radius 2 is 2.00 bits per heavy atom. The van der Waals surface area contributed by atoms with Gasteiger partial charge in [-0.3, -0.25) is 14.9 Å². The minimum atomic E-state index is -0.522. The van der Waals surface area contributed by atoms with Crippen LogP contribution in [0.15, 0.2) is 12.1 Å². The van der Waals surface area contributed by atoms with Gasteiger partial charge in [-0.15, -0.1) is 0 Å². The summed E-state index contributed by atoms with van der Waals surface area (Å²) >= 11 is 5.88. The monoisotopic (exact) mass is 294 g/mol. The number of carbonyl (C=O) groups is 1. The van der Waals surface area contributed by atoms with Crippen LogP contribution in [0.5, 0.6) is 0 Å². The lowest BCUT2D eigenvalue weighted by Crippen LogP contribution is -2.22. The molecule has 6 heteroatoms. The highest BCUT2D eigenvalue weighted by Gasteiger charge is 2.48. The van der Waals surface area contributed by atoms with Gasteiger partial charge in [-0.2, -0.15) is 0 Å². The summed E-state index contributed by atoms with van der Waals surface area (Å²) in [5, 5.41) is 13.7. The number of nitrogens with one attached hydrogen (secondary N) is 1. The standard InChI is InChI=1S/C14H15ClN2O3/c1-7-2-13(17(19)20)11(15)6-12(7)16-14(18)10-4-8-3-9(8)5-10/h2,6,8-10H,3-5H2,1H3,(H,16,18). The summed E-state index contributed by atoms with van der Waals surface area (Å²) < 4.78 is 0. The van der Waals surface area contributed by atoms with E-state index in [0.717, 1.165) is 24.7 Å². The second-order valence-corrected chi connectivity index (χ2v) is 6.20. The van der Waals surface area contributed by atoms with Gasteiger partial charge in [0.15, 0.2) is 0 Å². The number of aryl methyl sites for hydroxylation is 1. The van der Waals surface area contributed by atoms with E-state index >= 15 is 0 Å². The van der Waals surface area contributed by atoms with Gasteiger partial charge in [0.05, 0.1) is 4.92 Å². The first-order valence-corrected chi connectivity index (χ1v) is 7.09. The maximum atomic E-state index is 12.2. The number of carbonyl (C=O) groups excluding carboxylic acids is 1. The first-order chi connectivity index (χ1) is 9.45. The molecular formula is C14H15ClN2O3. The van der Waals surface area contributed by atoms with E-state index in [1.54, 1.807) is 6.92 Å². The van der Waals surface area contributed by atoms with Crippen LogP contribution in [-0.4, -0.2) is 10.8 Å². The number of fused-ring (bicyclic) bond motifs is 1. The highest BCUT2D eigenvalue weighted by atomic mass is 35.5. The summed E-state index contributed by atoms with van der Waals surface area (Å²) in [6.45, 7) is 1.73. The molecule has 0 spiro atoms. The summed E-state index contributed by atoms with van der Waals surface area (Å²) in [6, 6.07) is 2.85. The minimum Gasteiger partial charge on any atom is -0.326 e. The molecule has 20 heavy (non-hydrogen) atoms. The van der Waals surface area contributed by atoms with Crippen molar-refractivity contribution in [1.82, 2.24) is 0 Å². The van der Waals surface area contributed by atoms with Crippen LogP contribution in [0, 0.1) is 34.8 Å². The zero-order valence-electron chi connectivity index (χ0n) is 11.1. The molecule has 2 aliphatic rings. The third-order valence-corrected chi connectivity index (χ3v) is 4.67. The summed E-state index contributed by atoms with van der Waals surface area (Å²) in [5.74, 6) is 1.57. The van der Waals surface area contributed by atoms with Crippen molar-refractivity contribution in [1.29, 1.82) is 0 Å². The average Bonchev–Trinajstić information content (AvgIpc) is 2.99. The SMILES string of the molecule is Cc1cc([N+](=O)[O-])c(Cl)cc1NC(=O)C1CC2CC2C1. The topological polar surface area (TPSA) is 72.2 Å². The molecule has 106 valence electrons. The number of rotatable bonds is 3. The Labute approximate surface area is 121 Å². The van der Waals surface area contributed by atoms with Crippen molar-refractivity contribution in [3.8, 4) is 0 Å². The molecule has 2 fully saturated rings. The molecule has 2 unspecified atom stereocenters. The zero-order chi connectivity index (χ0) is 14.4. The van der Waals surface area contributed by atoms with Gasteiger partial charge >= 0.3 is 0 Å². The molecule has 0 aromatic heterocycles. The fraction of sp³-hybridized carbons (Fsp3) is 0.500. The Morgan fingerprint density at radius 3 is 2.60 bits per heavy atom. The van der Waals surface area contributed by atoms with Gasteiger partial charge < -0.3 is 5.32 Å². The lowest BCUT2D eigenvalue weighted by molar-refractivity contribution is -0.384. The minimum absolute atomic E-state index is 0.00483. The number of anilines is 1. The van der Waals surface area contributed by atoms with Gasteiger partial charge in [-0.1, -0.05) is 11.6 Å². The van der Waals surface area contributed by atoms with Crippen molar-refractivity contribution in [3.63, 3.8) is 0 Å². The molecule has 5 nitrogen and oxygen atoms in total. The molecule has 2 saturated carbocycles. The van der Waals surface area contributed by atoms with Crippen LogP contribution in [0.3, 0.4) is 0 Å². The average molecular weight is 295 g/mol. The Hall–Kier alpha value is -1.62. The van der Waals surface area contributed by atoms with E-state index in [2.05, 4.69) is 5.32 Å². The van der Waals surface area contributed by atoms with E-state index in [4.69, 9.17) is 11.6 Å². The number of nitrogens with zero attached hydrogens (tertiary/aromatic N) is 1. The van der Waals surface area contributed by atoms with Gasteiger partial charge in [-0.25, -0.2) is 0 Å². The fourth-order valence-corrected chi connectivity index (χ4v) is 3.34. The summed E-state index contributed by atoms with van der Waals surface area (Å²) in [4.78, 5) is 22.4. The van der Waals surface area contributed by atoms with Crippen molar-refractivity contribution in [2.24, 2.45) is 17.8 Å². The van der Waals surface area contributed by atoms with E-state index in [0.29, 0.717) is 11.3 Å². The first kappa shape index (κ1) is 13.4. The zero-order valence-corrected chi connectivity index (χ0v) is 11.8. The Kier molecular flexibility index (Phi) is 3.17. The van der Waals surface area contributed by atoms with Gasteiger partial charge in [-0.05, 0) is 49.7 Å². The number of hydrogen-bond donors (Lipinski definition) is 1. The van der Waals surface area contributed by atoms with Crippen molar-refractivity contribution in [3.05, 3.63) is 32.8 Å². The van der Waals surface area contributed by atoms with Crippen molar-refractivity contribution in [2.45, 2.75) is 26.2 Å². The van der Waals surface area contributed by atoms with Crippen molar-refractivity contribution >= 4 is 28.9 Å². The predicted molar refractivity (Wildman–Crippen MR) is 75.8 cm³/mol. The predicted octanol–water partition coefficient (Wildman–Crippen LogP) is 3.54. The number of benzene rings is 1. The summed E-state index contributed by atoms with van der Waals surface area (Å²) in [6.07, 6.45) is 3.21. The van der Waals surface area contributed by atoms with Crippen molar-refractivity contribution < 1.29 is 9.72 Å². The van der Waals surface area contributed by atoms with E-state index < -0.39 is 4.92 Å². The number of hydrogen-bond acceptors (Lipinski definition) is 3. The second-order valence-electron chi connectivity index (χ2n) is 5.79. The summed E-state index contributed by atoms with van der Waals surface area (Å²) in [7, 11) is 0. The quantitative estimate of drug-likeness (QED) is 0.684. The van der Waals surface area contributed by atoms with Crippen molar-refractivity contribution in [2.75, 3.05) is 5.32 Å². The second kappa shape index (κ2) is 4.74. The molecule has 2 atom stereocenters. The van der Waals surface area contributed by atoms with E-state index in [9.17, 15) is 14.9 Å². The molecule has 0 radical (unpaired) electrons. The van der Waals surface area contributed by atoms with Crippen LogP contribution in [0.25, 0.3) is 0 Å². The molecule has 0 heterocycles. The van der Waals surface area contributed by atoms with E-state index in [1.807, 2.05) is 0 Å². The molecule has 0 bridgehead atoms. The molecular weight excluding hydrogens is 280 g/mol. The highest BCUT2D eigenvalue weighted by molar-refractivity contribution is 6.33. The van der Waals surface area contributed by atoms with E-state index in [1.165, 1.54) is 18.6 Å². The first-order valence-electron chi connectivity index (χ1n) is 6.71. The molecule has 3 rings (SSSR count). The van der Waals surface area contributed by atoms with Crippen LogP contribution >= 0.6 is 11.6 Å². The maximum Gasteiger partial charge on any atom is 0.288 e. The van der Waals surface area contributed by atoms with E-state index in [-0.39, 0.29) is 22.5 Å². The lowest BCUT2D eigenvalue weighted by Gasteiger charge is -2.14. The number of nitro groups is 1. The number of amides is 1. The molecule has 1 amide bonds. The van der Waals surface area contributed by atoms with Gasteiger partial charge in [0.2, 0.25) is 5.91 Å². The number of halogens is 1. The van der Waals surface area contributed by atoms with Gasteiger partial charge in [0.1, 0.15) is 5.02 Å².